The molecule has 20 heavy (non-hydrogen) atoms. The van der Waals surface area contributed by atoms with Crippen molar-refractivity contribution in [3.63, 3.8) is 0 Å². The van der Waals surface area contributed by atoms with E-state index >= 15 is 0 Å². The van der Waals surface area contributed by atoms with Gasteiger partial charge in [0.25, 0.3) is 0 Å². The fraction of sp³-hybridized carbons (Fsp3) is 0.533. The molecule has 112 valence electrons. The fourth-order valence-corrected chi connectivity index (χ4v) is 1.75. The number of hydrogen-bond acceptors (Lipinski definition) is 5. The molecule has 5 heteroatoms. The molecular weight excluding hydrogens is 256 g/mol. The van der Waals surface area contributed by atoms with Gasteiger partial charge >= 0.3 is 5.97 Å². The molecule has 0 amide bonds. The second-order valence-corrected chi connectivity index (χ2v) is 4.68. The highest BCUT2D eigenvalue weighted by molar-refractivity contribution is 5.69. The zero-order valence-corrected chi connectivity index (χ0v) is 12.3. The summed E-state index contributed by atoms with van der Waals surface area (Å²) >= 11 is 0. The first-order valence-electron chi connectivity index (χ1n) is 6.83. The molecule has 0 aromatic heterocycles. The quantitative estimate of drug-likeness (QED) is 0.693. The summed E-state index contributed by atoms with van der Waals surface area (Å²) in [6.45, 7) is 2.84. The summed E-state index contributed by atoms with van der Waals surface area (Å²) in [7, 11) is 3.42. The number of methoxy groups -OCH3 is 1. The molecule has 0 fully saturated rings. The maximum atomic E-state index is 11.0. The van der Waals surface area contributed by atoms with Crippen molar-refractivity contribution in [2.45, 2.75) is 19.4 Å². The zero-order valence-electron chi connectivity index (χ0n) is 12.3. The van der Waals surface area contributed by atoms with Gasteiger partial charge in [0.05, 0.1) is 7.11 Å². The van der Waals surface area contributed by atoms with Crippen molar-refractivity contribution in [3.8, 4) is 5.75 Å². The predicted molar refractivity (Wildman–Crippen MR) is 78.6 cm³/mol. The Labute approximate surface area is 120 Å². The maximum Gasteiger partial charge on any atom is 0.305 e. The largest absolute Gasteiger partial charge is 0.492 e. The summed E-state index contributed by atoms with van der Waals surface area (Å²) in [5.41, 5.74) is 6.63. The third-order valence-corrected chi connectivity index (χ3v) is 3.05. The van der Waals surface area contributed by atoms with Crippen molar-refractivity contribution in [2.75, 3.05) is 33.9 Å². The van der Waals surface area contributed by atoms with Crippen molar-refractivity contribution >= 4 is 5.97 Å². The van der Waals surface area contributed by atoms with Gasteiger partial charge in [0.15, 0.2) is 0 Å². The number of rotatable bonds is 9. The lowest BCUT2D eigenvalue weighted by atomic mass is 10.2. The van der Waals surface area contributed by atoms with Gasteiger partial charge in [0.2, 0.25) is 0 Å². The first-order valence-corrected chi connectivity index (χ1v) is 6.83. The van der Waals surface area contributed by atoms with E-state index < -0.39 is 0 Å². The molecule has 0 bridgehead atoms. The highest BCUT2D eigenvalue weighted by Gasteiger charge is 2.03. The summed E-state index contributed by atoms with van der Waals surface area (Å²) in [5, 5.41) is 0. The van der Waals surface area contributed by atoms with Crippen molar-refractivity contribution < 1.29 is 14.3 Å². The van der Waals surface area contributed by atoms with Gasteiger partial charge in [-0.3, -0.25) is 4.79 Å². The number of carbonyl (C=O) groups excluding carboxylic acids is 1. The molecule has 0 spiro atoms. The predicted octanol–water partition coefficient (Wildman–Crippen LogP) is 1.41. The molecule has 0 aliphatic heterocycles. The number of likely N-dealkylation sites (N-methyl/N-ethyl adjacent to an activating group) is 1. The third kappa shape index (κ3) is 6.54. The molecule has 0 aliphatic rings. The van der Waals surface area contributed by atoms with Crippen LogP contribution >= 0.6 is 0 Å². The van der Waals surface area contributed by atoms with Gasteiger partial charge in [-0.2, -0.15) is 0 Å². The van der Waals surface area contributed by atoms with Gasteiger partial charge in [-0.05, 0) is 37.7 Å². The van der Waals surface area contributed by atoms with Crippen LogP contribution in [0.5, 0.6) is 5.75 Å². The van der Waals surface area contributed by atoms with E-state index in [2.05, 4.69) is 9.64 Å². The SMILES string of the molecule is COC(=O)CCCN(C)CCOc1ccc(CN)cc1. The standard InChI is InChI=1S/C15H24N2O3/c1-17(9-3-4-15(18)19-2)10-11-20-14-7-5-13(12-16)6-8-14/h5-8H,3-4,9-12,16H2,1-2H3. The summed E-state index contributed by atoms with van der Waals surface area (Å²) in [4.78, 5) is 13.1. The lowest BCUT2D eigenvalue weighted by Crippen LogP contribution is -2.25. The number of carbonyl (C=O) groups is 1. The topological polar surface area (TPSA) is 64.8 Å². The average Bonchev–Trinajstić information content (AvgIpc) is 2.47. The summed E-state index contributed by atoms with van der Waals surface area (Å²) < 4.78 is 10.2. The second-order valence-electron chi connectivity index (χ2n) is 4.68. The Morgan fingerprint density at radius 2 is 1.95 bits per heavy atom. The van der Waals surface area contributed by atoms with Crippen LogP contribution in [0.3, 0.4) is 0 Å². The number of ether oxygens (including phenoxy) is 2. The van der Waals surface area contributed by atoms with E-state index in [4.69, 9.17) is 10.5 Å². The molecule has 0 unspecified atom stereocenters. The van der Waals surface area contributed by atoms with Crippen LogP contribution in [0.15, 0.2) is 24.3 Å². The Kier molecular flexibility index (Phi) is 7.69. The van der Waals surface area contributed by atoms with Gasteiger partial charge in [-0.15, -0.1) is 0 Å². The average molecular weight is 280 g/mol. The van der Waals surface area contributed by atoms with Gasteiger partial charge in [0.1, 0.15) is 12.4 Å². The Hall–Kier alpha value is -1.59. The first-order chi connectivity index (χ1) is 9.65. The smallest absolute Gasteiger partial charge is 0.305 e. The van der Waals surface area contributed by atoms with E-state index in [0.717, 1.165) is 30.8 Å². The van der Waals surface area contributed by atoms with Crippen molar-refractivity contribution in [2.24, 2.45) is 5.73 Å². The van der Waals surface area contributed by atoms with Crippen LogP contribution in [0.2, 0.25) is 0 Å². The third-order valence-electron chi connectivity index (χ3n) is 3.05. The van der Waals surface area contributed by atoms with E-state index in [-0.39, 0.29) is 5.97 Å². The minimum absolute atomic E-state index is 0.158. The van der Waals surface area contributed by atoms with Gasteiger partial charge in [-0.25, -0.2) is 0 Å². The first kappa shape index (κ1) is 16.5. The Morgan fingerprint density at radius 1 is 1.25 bits per heavy atom. The molecular formula is C15H24N2O3. The zero-order chi connectivity index (χ0) is 14.8. The molecule has 0 saturated heterocycles. The molecule has 0 radical (unpaired) electrons. The number of benzene rings is 1. The number of nitrogens with two attached hydrogens (primary N) is 1. The highest BCUT2D eigenvalue weighted by Crippen LogP contribution is 2.11. The fourth-order valence-electron chi connectivity index (χ4n) is 1.75. The van der Waals surface area contributed by atoms with Gasteiger partial charge in [-0.1, -0.05) is 12.1 Å². The van der Waals surface area contributed by atoms with Crippen LogP contribution in [0.1, 0.15) is 18.4 Å². The van der Waals surface area contributed by atoms with E-state index in [9.17, 15) is 4.79 Å². The molecule has 1 rings (SSSR count). The number of nitrogens with zero attached hydrogens (tertiary/aromatic N) is 1. The highest BCUT2D eigenvalue weighted by atomic mass is 16.5. The van der Waals surface area contributed by atoms with Crippen LogP contribution in [0.25, 0.3) is 0 Å². The van der Waals surface area contributed by atoms with Crippen LogP contribution in [0, 0.1) is 0 Å². The number of hydrogen-bond donors (Lipinski definition) is 1. The normalized spacial score (nSPS) is 10.6. The minimum Gasteiger partial charge on any atom is -0.492 e. The van der Waals surface area contributed by atoms with Crippen molar-refractivity contribution in [3.05, 3.63) is 29.8 Å². The molecule has 0 aliphatic carbocycles. The van der Waals surface area contributed by atoms with Gasteiger partial charge in [0, 0.05) is 19.5 Å². The molecule has 0 saturated carbocycles. The molecule has 1 aromatic rings. The Balaban J connectivity index is 2.14. The van der Waals surface area contributed by atoms with E-state index in [1.807, 2.05) is 31.3 Å². The lowest BCUT2D eigenvalue weighted by Gasteiger charge is -2.16. The van der Waals surface area contributed by atoms with E-state index in [0.29, 0.717) is 19.6 Å². The Bertz CT molecular complexity index is 393. The monoisotopic (exact) mass is 280 g/mol. The lowest BCUT2D eigenvalue weighted by molar-refractivity contribution is -0.140. The van der Waals surface area contributed by atoms with Crippen LogP contribution in [-0.4, -0.2) is 44.7 Å². The number of esters is 1. The van der Waals surface area contributed by atoms with E-state index in [1.165, 1.54) is 7.11 Å². The maximum absolute atomic E-state index is 11.0. The van der Waals surface area contributed by atoms with Crippen LogP contribution < -0.4 is 10.5 Å². The molecule has 0 atom stereocenters. The van der Waals surface area contributed by atoms with E-state index in [1.54, 1.807) is 0 Å². The van der Waals surface area contributed by atoms with Gasteiger partial charge < -0.3 is 20.1 Å². The second kappa shape index (κ2) is 9.34. The van der Waals surface area contributed by atoms with Crippen LogP contribution in [0.4, 0.5) is 0 Å². The summed E-state index contributed by atoms with van der Waals surface area (Å²) in [6.07, 6.45) is 1.26. The molecule has 2 N–H and O–H groups in total. The van der Waals surface area contributed by atoms with Crippen LogP contribution in [-0.2, 0) is 16.1 Å². The van der Waals surface area contributed by atoms with Crippen molar-refractivity contribution in [1.29, 1.82) is 0 Å². The van der Waals surface area contributed by atoms with Crippen molar-refractivity contribution in [1.82, 2.24) is 4.90 Å². The molecule has 5 nitrogen and oxygen atoms in total. The minimum atomic E-state index is -0.158. The Morgan fingerprint density at radius 3 is 2.55 bits per heavy atom. The molecule has 1 aromatic carbocycles. The molecule has 0 heterocycles. The summed E-state index contributed by atoms with van der Waals surface area (Å²) in [6, 6.07) is 7.80. The summed E-state index contributed by atoms with van der Waals surface area (Å²) in [5.74, 6) is 0.694.